The van der Waals surface area contributed by atoms with E-state index in [1.807, 2.05) is 31.2 Å². The Hall–Kier alpha value is -1.75. The number of benzene rings is 1. The summed E-state index contributed by atoms with van der Waals surface area (Å²) in [5.74, 6) is 2.52. The van der Waals surface area contributed by atoms with Crippen LogP contribution in [-0.2, 0) is 12.5 Å². The molecular formula is C12H13ClN2O3. The van der Waals surface area contributed by atoms with Gasteiger partial charge in [0.25, 0.3) is 5.89 Å². The van der Waals surface area contributed by atoms with Gasteiger partial charge in [-0.1, -0.05) is 0 Å². The number of aromatic nitrogens is 2. The van der Waals surface area contributed by atoms with Gasteiger partial charge < -0.3 is 13.9 Å². The molecule has 0 saturated carbocycles. The van der Waals surface area contributed by atoms with Crippen molar-refractivity contribution in [2.75, 3.05) is 6.61 Å². The quantitative estimate of drug-likeness (QED) is 0.754. The number of nitrogens with zero attached hydrogens (tertiary/aromatic N) is 2. The van der Waals surface area contributed by atoms with Gasteiger partial charge in [-0.05, 0) is 31.2 Å². The Kier molecular flexibility index (Phi) is 4.41. The second kappa shape index (κ2) is 6.26. The second-order valence-corrected chi connectivity index (χ2v) is 3.68. The monoisotopic (exact) mass is 268 g/mol. The minimum atomic E-state index is 0.204. The first-order chi connectivity index (χ1) is 8.81. The van der Waals surface area contributed by atoms with Crippen molar-refractivity contribution in [1.29, 1.82) is 0 Å². The molecule has 0 amide bonds. The molecule has 0 aliphatic carbocycles. The van der Waals surface area contributed by atoms with Crippen molar-refractivity contribution >= 4 is 11.6 Å². The third-order valence-corrected chi connectivity index (χ3v) is 2.35. The zero-order valence-corrected chi connectivity index (χ0v) is 10.7. The molecule has 0 radical (unpaired) electrons. The maximum absolute atomic E-state index is 5.55. The lowest BCUT2D eigenvalue weighted by Crippen LogP contribution is -1.96. The van der Waals surface area contributed by atoms with Gasteiger partial charge in [-0.2, -0.15) is 0 Å². The Morgan fingerprint density at radius 3 is 2.22 bits per heavy atom. The summed E-state index contributed by atoms with van der Waals surface area (Å²) in [6.45, 7) is 2.80. The lowest BCUT2D eigenvalue weighted by Gasteiger charge is -2.05. The molecule has 1 aromatic carbocycles. The van der Waals surface area contributed by atoms with Crippen molar-refractivity contribution in [3.8, 4) is 11.5 Å². The van der Waals surface area contributed by atoms with E-state index in [9.17, 15) is 0 Å². The maximum Gasteiger partial charge on any atom is 0.253 e. The highest BCUT2D eigenvalue weighted by atomic mass is 35.5. The summed E-state index contributed by atoms with van der Waals surface area (Å²) in [4.78, 5) is 0. The van der Waals surface area contributed by atoms with Gasteiger partial charge in [0, 0.05) is 0 Å². The number of hydrogen-bond acceptors (Lipinski definition) is 5. The number of rotatable bonds is 6. The SMILES string of the molecule is CCOc1ccc(OCc2nnc(CCl)o2)cc1. The van der Waals surface area contributed by atoms with Crippen LogP contribution in [0.15, 0.2) is 28.7 Å². The smallest absolute Gasteiger partial charge is 0.253 e. The highest BCUT2D eigenvalue weighted by molar-refractivity contribution is 6.16. The molecule has 0 aliphatic heterocycles. The highest BCUT2D eigenvalue weighted by Crippen LogP contribution is 2.18. The standard InChI is InChI=1S/C12H13ClN2O3/c1-2-16-9-3-5-10(6-4-9)17-8-12-15-14-11(7-13)18-12/h3-6H,2,7-8H2,1H3. The molecule has 0 fully saturated rings. The molecule has 0 unspecified atom stereocenters. The third-order valence-electron chi connectivity index (χ3n) is 2.12. The summed E-state index contributed by atoms with van der Waals surface area (Å²) in [5.41, 5.74) is 0. The van der Waals surface area contributed by atoms with Crippen LogP contribution < -0.4 is 9.47 Å². The Morgan fingerprint density at radius 1 is 1.06 bits per heavy atom. The fraction of sp³-hybridized carbons (Fsp3) is 0.333. The molecule has 0 bridgehead atoms. The van der Waals surface area contributed by atoms with Gasteiger partial charge in [-0.3, -0.25) is 0 Å². The van der Waals surface area contributed by atoms with Gasteiger partial charge in [0.05, 0.1) is 6.61 Å². The van der Waals surface area contributed by atoms with Crippen LogP contribution in [0.4, 0.5) is 0 Å². The van der Waals surface area contributed by atoms with Crippen LogP contribution in [0.1, 0.15) is 18.7 Å². The number of ether oxygens (including phenoxy) is 2. The maximum atomic E-state index is 5.55. The molecule has 1 heterocycles. The summed E-state index contributed by atoms with van der Waals surface area (Å²) in [6, 6.07) is 7.33. The minimum absolute atomic E-state index is 0.204. The molecule has 0 aliphatic rings. The van der Waals surface area contributed by atoms with E-state index in [1.54, 1.807) is 0 Å². The van der Waals surface area contributed by atoms with E-state index in [0.717, 1.165) is 5.75 Å². The lowest BCUT2D eigenvalue weighted by molar-refractivity contribution is 0.259. The molecule has 5 nitrogen and oxygen atoms in total. The molecule has 0 saturated heterocycles. The molecule has 0 spiro atoms. The Morgan fingerprint density at radius 2 is 1.67 bits per heavy atom. The summed E-state index contributed by atoms with van der Waals surface area (Å²) < 4.78 is 16.0. The van der Waals surface area contributed by atoms with Crippen molar-refractivity contribution < 1.29 is 13.9 Å². The number of alkyl halides is 1. The Labute approximate surface area is 110 Å². The van der Waals surface area contributed by atoms with Crippen molar-refractivity contribution in [2.45, 2.75) is 19.4 Å². The highest BCUT2D eigenvalue weighted by Gasteiger charge is 2.05. The van der Waals surface area contributed by atoms with Crippen molar-refractivity contribution in [1.82, 2.24) is 10.2 Å². The molecule has 2 aromatic rings. The molecule has 0 N–H and O–H groups in total. The second-order valence-electron chi connectivity index (χ2n) is 3.42. The fourth-order valence-corrected chi connectivity index (χ4v) is 1.45. The first-order valence-electron chi connectivity index (χ1n) is 5.54. The Bertz CT molecular complexity index is 484. The van der Waals surface area contributed by atoms with E-state index in [-0.39, 0.29) is 12.5 Å². The average Bonchev–Trinajstić information content (AvgIpc) is 2.86. The van der Waals surface area contributed by atoms with Crippen LogP contribution in [-0.4, -0.2) is 16.8 Å². The molecule has 1 aromatic heterocycles. The van der Waals surface area contributed by atoms with E-state index in [1.165, 1.54) is 0 Å². The van der Waals surface area contributed by atoms with Crippen LogP contribution in [0, 0.1) is 0 Å². The molecule has 96 valence electrons. The van der Waals surface area contributed by atoms with Crippen LogP contribution in [0.3, 0.4) is 0 Å². The van der Waals surface area contributed by atoms with Crippen LogP contribution in [0.5, 0.6) is 11.5 Å². The van der Waals surface area contributed by atoms with E-state index >= 15 is 0 Å². The van der Waals surface area contributed by atoms with Gasteiger partial charge in [-0.25, -0.2) is 0 Å². The number of halogens is 1. The predicted octanol–water partition coefficient (Wildman–Crippen LogP) is 2.79. The van der Waals surface area contributed by atoms with Crippen molar-refractivity contribution in [3.63, 3.8) is 0 Å². The lowest BCUT2D eigenvalue weighted by atomic mass is 10.3. The first-order valence-corrected chi connectivity index (χ1v) is 6.08. The first kappa shape index (κ1) is 12.7. The molecule has 0 atom stereocenters. The third kappa shape index (κ3) is 3.37. The average molecular weight is 269 g/mol. The summed E-state index contributed by atoms with van der Waals surface area (Å²) in [5, 5.41) is 7.54. The van der Waals surface area contributed by atoms with E-state index in [4.69, 9.17) is 25.5 Å². The predicted molar refractivity (Wildman–Crippen MR) is 65.8 cm³/mol. The van der Waals surface area contributed by atoms with Gasteiger partial charge in [0.2, 0.25) is 5.89 Å². The summed E-state index contributed by atoms with van der Waals surface area (Å²) >= 11 is 5.55. The van der Waals surface area contributed by atoms with E-state index in [2.05, 4.69) is 10.2 Å². The van der Waals surface area contributed by atoms with E-state index < -0.39 is 0 Å². The minimum Gasteiger partial charge on any atom is -0.494 e. The molecule has 2 rings (SSSR count). The zero-order valence-electron chi connectivity index (χ0n) is 9.93. The van der Waals surface area contributed by atoms with Gasteiger partial charge in [0.15, 0.2) is 6.61 Å². The van der Waals surface area contributed by atoms with Crippen LogP contribution >= 0.6 is 11.6 Å². The normalized spacial score (nSPS) is 10.3. The van der Waals surface area contributed by atoms with Crippen molar-refractivity contribution in [2.24, 2.45) is 0 Å². The van der Waals surface area contributed by atoms with Crippen LogP contribution in [0.25, 0.3) is 0 Å². The fourth-order valence-electron chi connectivity index (χ4n) is 1.34. The molecular weight excluding hydrogens is 256 g/mol. The Balaban J connectivity index is 1.89. The van der Waals surface area contributed by atoms with Gasteiger partial charge >= 0.3 is 0 Å². The number of hydrogen-bond donors (Lipinski definition) is 0. The largest absolute Gasteiger partial charge is 0.494 e. The van der Waals surface area contributed by atoms with Crippen molar-refractivity contribution in [3.05, 3.63) is 36.0 Å². The molecule has 18 heavy (non-hydrogen) atoms. The van der Waals surface area contributed by atoms with Gasteiger partial charge in [-0.15, -0.1) is 21.8 Å². The van der Waals surface area contributed by atoms with Crippen LogP contribution in [0.2, 0.25) is 0 Å². The zero-order chi connectivity index (χ0) is 12.8. The molecule has 6 heteroatoms. The topological polar surface area (TPSA) is 57.4 Å². The summed E-state index contributed by atoms with van der Waals surface area (Å²) in [6.07, 6.45) is 0. The van der Waals surface area contributed by atoms with Gasteiger partial charge in [0.1, 0.15) is 17.4 Å². The van der Waals surface area contributed by atoms with E-state index in [0.29, 0.717) is 24.1 Å². The summed E-state index contributed by atoms with van der Waals surface area (Å²) in [7, 11) is 0.